The fourth-order valence-electron chi connectivity index (χ4n) is 1.72. The number of hydrogen-bond donors (Lipinski definition) is 1. The molecule has 0 aliphatic carbocycles. The van der Waals surface area contributed by atoms with Gasteiger partial charge < -0.3 is 9.84 Å². The minimum atomic E-state index is -0.939. The third kappa shape index (κ3) is 2.36. The molecule has 0 radical (unpaired) electrons. The Balaban J connectivity index is 3.05. The SMILES string of the molecule is COC(C(=O)O)C(C)(C)c1ccccc1. The van der Waals surface area contributed by atoms with E-state index in [1.807, 2.05) is 44.2 Å². The van der Waals surface area contributed by atoms with Crippen LogP contribution in [0, 0.1) is 0 Å². The first kappa shape index (κ1) is 11.7. The molecule has 1 N–H and O–H groups in total. The summed E-state index contributed by atoms with van der Waals surface area (Å²) in [5.41, 5.74) is 0.418. The Morgan fingerprint density at radius 2 is 1.87 bits per heavy atom. The lowest BCUT2D eigenvalue weighted by Gasteiger charge is -2.30. The Kier molecular flexibility index (Phi) is 3.48. The monoisotopic (exact) mass is 208 g/mol. The van der Waals surface area contributed by atoms with Crippen LogP contribution in [0.5, 0.6) is 0 Å². The van der Waals surface area contributed by atoms with Gasteiger partial charge in [0.25, 0.3) is 0 Å². The molecule has 0 aromatic heterocycles. The maximum atomic E-state index is 11.0. The average Bonchev–Trinajstić information content (AvgIpc) is 2.19. The molecule has 1 rings (SSSR count). The largest absolute Gasteiger partial charge is 0.479 e. The van der Waals surface area contributed by atoms with Crippen LogP contribution in [0.15, 0.2) is 30.3 Å². The number of methoxy groups -OCH3 is 1. The number of ether oxygens (including phenoxy) is 1. The van der Waals surface area contributed by atoms with E-state index in [1.165, 1.54) is 7.11 Å². The van der Waals surface area contributed by atoms with Crippen LogP contribution >= 0.6 is 0 Å². The van der Waals surface area contributed by atoms with Crippen LogP contribution in [0.4, 0.5) is 0 Å². The van der Waals surface area contributed by atoms with Crippen LogP contribution in [0.25, 0.3) is 0 Å². The molecule has 3 heteroatoms. The normalized spacial score (nSPS) is 13.5. The summed E-state index contributed by atoms with van der Waals surface area (Å²) in [6, 6.07) is 9.52. The van der Waals surface area contributed by atoms with Gasteiger partial charge in [0, 0.05) is 12.5 Å². The van der Waals surface area contributed by atoms with Crippen molar-refractivity contribution in [2.75, 3.05) is 7.11 Å². The van der Waals surface area contributed by atoms with Gasteiger partial charge in [0.05, 0.1) is 0 Å². The molecule has 0 aliphatic rings. The maximum Gasteiger partial charge on any atom is 0.333 e. The van der Waals surface area contributed by atoms with Gasteiger partial charge in [-0.3, -0.25) is 0 Å². The van der Waals surface area contributed by atoms with Crippen molar-refractivity contribution in [1.82, 2.24) is 0 Å². The van der Waals surface area contributed by atoms with E-state index in [-0.39, 0.29) is 0 Å². The molecular formula is C12H16O3. The number of hydrogen-bond acceptors (Lipinski definition) is 2. The first-order valence-electron chi connectivity index (χ1n) is 4.81. The van der Waals surface area contributed by atoms with Crippen molar-refractivity contribution in [3.8, 4) is 0 Å². The van der Waals surface area contributed by atoms with Gasteiger partial charge in [-0.15, -0.1) is 0 Å². The molecule has 0 aliphatic heterocycles. The van der Waals surface area contributed by atoms with Gasteiger partial charge in [0.1, 0.15) is 0 Å². The molecule has 0 bridgehead atoms. The molecule has 15 heavy (non-hydrogen) atoms. The Morgan fingerprint density at radius 1 is 1.33 bits per heavy atom. The van der Waals surface area contributed by atoms with Crippen LogP contribution < -0.4 is 0 Å². The van der Waals surface area contributed by atoms with Crippen LogP contribution in [0.2, 0.25) is 0 Å². The smallest absolute Gasteiger partial charge is 0.333 e. The first-order valence-corrected chi connectivity index (χ1v) is 4.81. The minimum absolute atomic E-state index is 0.540. The lowest BCUT2D eigenvalue weighted by atomic mass is 9.79. The molecule has 1 unspecified atom stereocenters. The number of carbonyl (C=O) groups is 1. The fraction of sp³-hybridized carbons (Fsp3) is 0.417. The quantitative estimate of drug-likeness (QED) is 0.823. The van der Waals surface area contributed by atoms with Gasteiger partial charge in [-0.25, -0.2) is 4.79 Å². The lowest BCUT2D eigenvalue weighted by molar-refractivity contribution is -0.152. The van der Waals surface area contributed by atoms with Gasteiger partial charge in [0.2, 0.25) is 0 Å². The van der Waals surface area contributed by atoms with E-state index in [9.17, 15) is 4.79 Å². The molecule has 0 fully saturated rings. The fourth-order valence-corrected chi connectivity index (χ4v) is 1.72. The van der Waals surface area contributed by atoms with Crippen LogP contribution in [0.3, 0.4) is 0 Å². The second-order valence-electron chi connectivity index (χ2n) is 4.04. The van der Waals surface area contributed by atoms with Gasteiger partial charge in [-0.1, -0.05) is 44.2 Å². The van der Waals surface area contributed by atoms with E-state index in [0.29, 0.717) is 0 Å². The summed E-state index contributed by atoms with van der Waals surface area (Å²) in [4.78, 5) is 11.0. The minimum Gasteiger partial charge on any atom is -0.479 e. The Bertz CT molecular complexity index is 330. The third-order valence-electron chi connectivity index (χ3n) is 2.63. The maximum absolute atomic E-state index is 11.0. The number of aliphatic carboxylic acids is 1. The average molecular weight is 208 g/mol. The predicted molar refractivity (Wildman–Crippen MR) is 57.9 cm³/mol. The topological polar surface area (TPSA) is 46.5 Å². The number of carboxylic acids is 1. The van der Waals surface area contributed by atoms with Gasteiger partial charge in [0.15, 0.2) is 6.10 Å². The van der Waals surface area contributed by atoms with Crippen molar-refractivity contribution < 1.29 is 14.6 Å². The molecular weight excluding hydrogens is 192 g/mol. The van der Waals surface area contributed by atoms with Crippen molar-refractivity contribution in [2.24, 2.45) is 0 Å². The molecule has 1 aromatic carbocycles. The van der Waals surface area contributed by atoms with Crippen molar-refractivity contribution in [1.29, 1.82) is 0 Å². The Morgan fingerprint density at radius 3 is 2.27 bits per heavy atom. The van der Waals surface area contributed by atoms with Crippen LogP contribution in [0.1, 0.15) is 19.4 Å². The zero-order chi connectivity index (χ0) is 11.5. The number of rotatable bonds is 4. The highest BCUT2D eigenvalue weighted by Gasteiger charge is 2.36. The molecule has 0 spiro atoms. The third-order valence-corrected chi connectivity index (χ3v) is 2.63. The second-order valence-corrected chi connectivity index (χ2v) is 4.04. The van der Waals surface area contributed by atoms with Crippen molar-refractivity contribution in [3.05, 3.63) is 35.9 Å². The second kappa shape index (κ2) is 4.45. The molecule has 82 valence electrons. The first-order chi connectivity index (χ1) is 7.00. The van der Waals surface area contributed by atoms with Crippen molar-refractivity contribution >= 4 is 5.97 Å². The molecule has 0 saturated carbocycles. The molecule has 3 nitrogen and oxygen atoms in total. The number of benzene rings is 1. The molecule has 0 amide bonds. The Hall–Kier alpha value is -1.35. The van der Waals surface area contributed by atoms with Gasteiger partial charge in [-0.2, -0.15) is 0 Å². The van der Waals surface area contributed by atoms with Gasteiger partial charge >= 0.3 is 5.97 Å². The van der Waals surface area contributed by atoms with Crippen molar-refractivity contribution in [3.63, 3.8) is 0 Å². The van der Waals surface area contributed by atoms with Crippen molar-refractivity contribution in [2.45, 2.75) is 25.4 Å². The summed E-state index contributed by atoms with van der Waals surface area (Å²) in [6.07, 6.45) is -0.833. The lowest BCUT2D eigenvalue weighted by Crippen LogP contribution is -2.41. The zero-order valence-corrected chi connectivity index (χ0v) is 9.23. The van der Waals surface area contributed by atoms with E-state index in [4.69, 9.17) is 9.84 Å². The summed E-state index contributed by atoms with van der Waals surface area (Å²) in [7, 11) is 1.42. The van der Waals surface area contributed by atoms with Gasteiger partial charge in [-0.05, 0) is 5.56 Å². The summed E-state index contributed by atoms with van der Waals surface area (Å²) >= 11 is 0. The standard InChI is InChI=1S/C12H16O3/c1-12(2,10(15-3)11(13)14)9-7-5-4-6-8-9/h4-8,10H,1-3H3,(H,13,14). The van der Waals surface area contributed by atoms with E-state index < -0.39 is 17.5 Å². The number of carboxylic acid groups (broad SMARTS) is 1. The van der Waals surface area contributed by atoms with Crippen LogP contribution in [-0.4, -0.2) is 24.3 Å². The highest BCUT2D eigenvalue weighted by molar-refractivity contribution is 5.74. The van der Waals surface area contributed by atoms with E-state index in [1.54, 1.807) is 0 Å². The van der Waals surface area contributed by atoms with E-state index in [2.05, 4.69) is 0 Å². The molecule has 0 saturated heterocycles. The highest BCUT2D eigenvalue weighted by Crippen LogP contribution is 2.28. The predicted octanol–water partition coefficient (Wildman–Crippen LogP) is 2.06. The Labute approximate surface area is 89.7 Å². The molecule has 1 atom stereocenters. The molecule has 0 heterocycles. The zero-order valence-electron chi connectivity index (χ0n) is 9.23. The summed E-state index contributed by atoms with van der Waals surface area (Å²) in [5.74, 6) is -0.939. The summed E-state index contributed by atoms with van der Waals surface area (Å²) in [5, 5.41) is 9.05. The molecule has 1 aromatic rings. The summed E-state index contributed by atoms with van der Waals surface area (Å²) in [6.45, 7) is 3.73. The van der Waals surface area contributed by atoms with E-state index in [0.717, 1.165) is 5.56 Å². The highest BCUT2D eigenvalue weighted by atomic mass is 16.5. The van der Waals surface area contributed by atoms with Crippen LogP contribution in [-0.2, 0) is 14.9 Å². The summed E-state index contributed by atoms with van der Waals surface area (Å²) < 4.78 is 5.03. The van der Waals surface area contributed by atoms with E-state index >= 15 is 0 Å².